The number of benzene rings is 3. The predicted molar refractivity (Wildman–Crippen MR) is 129 cm³/mol. The Morgan fingerprint density at radius 1 is 0.939 bits per heavy atom. The van der Waals surface area contributed by atoms with E-state index in [9.17, 15) is 18.0 Å². The van der Waals surface area contributed by atoms with Gasteiger partial charge >= 0.3 is 0 Å². The second kappa shape index (κ2) is 11.1. The van der Waals surface area contributed by atoms with E-state index in [-0.39, 0.29) is 28.6 Å². The molecule has 7 nitrogen and oxygen atoms in total. The zero-order valence-electron chi connectivity index (χ0n) is 18.0. The van der Waals surface area contributed by atoms with Crippen LogP contribution in [-0.4, -0.2) is 26.8 Å². The number of para-hydroxylation sites is 1. The monoisotopic (exact) mass is 485 g/mol. The van der Waals surface area contributed by atoms with Gasteiger partial charge < -0.3 is 10.6 Å². The molecule has 3 aromatic carbocycles. The summed E-state index contributed by atoms with van der Waals surface area (Å²) in [4.78, 5) is 24.6. The van der Waals surface area contributed by atoms with Gasteiger partial charge in [-0.1, -0.05) is 67.1 Å². The molecule has 9 heteroatoms. The summed E-state index contributed by atoms with van der Waals surface area (Å²) in [6.07, 6.45) is 0.753. The number of aryl methyl sites for hydroxylation is 1. The van der Waals surface area contributed by atoms with Crippen molar-refractivity contribution in [2.75, 3.05) is 11.9 Å². The van der Waals surface area contributed by atoms with Crippen molar-refractivity contribution >= 4 is 39.1 Å². The van der Waals surface area contributed by atoms with Gasteiger partial charge in [0.2, 0.25) is 15.9 Å². The summed E-state index contributed by atoms with van der Waals surface area (Å²) in [7, 11) is -3.97. The highest BCUT2D eigenvalue weighted by Gasteiger charge is 2.20. The van der Waals surface area contributed by atoms with Gasteiger partial charge in [-0.2, -0.15) is 0 Å². The maximum atomic E-state index is 12.7. The lowest BCUT2D eigenvalue weighted by atomic mass is 10.1. The predicted octanol–water partition coefficient (Wildman–Crippen LogP) is 3.75. The fraction of sp³-hybridized carbons (Fsp3) is 0.167. The van der Waals surface area contributed by atoms with Crippen molar-refractivity contribution in [1.29, 1.82) is 0 Å². The van der Waals surface area contributed by atoms with Gasteiger partial charge in [0.15, 0.2) is 0 Å². The van der Waals surface area contributed by atoms with E-state index in [0.29, 0.717) is 5.69 Å². The molecular weight excluding hydrogens is 462 g/mol. The fourth-order valence-corrected chi connectivity index (χ4v) is 4.65. The molecule has 0 saturated carbocycles. The van der Waals surface area contributed by atoms with Gasteiger partial charge in [0.1, 0.15) is 4.90 Å². The van der Waals surface area contributed by atoms with Crippen molar-refractivity contribution in [1.82, 2.24) is 10.0 Å². The van der Waals surface area contributed by atoms with Gasteiger partial charge in [-0.25, -0.2) is 13.1 Å². The quantitative estimate of drug-likeness (QED) is 0.429. The summed E-state index contributed by atoms with van der Waals surface area (Å²) >= 11 is 6.10. The first-order valence-electron chi connectivity index (χ1n) is 10.3. The molecule has 172 valence electrons. The first-order chi connectivity index (χ1) is 15.8. The molecule has 0 aliphatic heterocycles. The summed E-state index contributed by atoms with van der Waals surface area (Å²) in [5, 5.41) is 5.25. The first-order valence-corrected chi connectivity index (χ1v) is 12.2. The van der Waals surface area contributed by atoms with Gasteiger partial charge in [0.05, 0.1) is 11.6 Å². The summed E-state index contributed by atoms with van der Waals surface area (Å²) in [6.45, 7) is 1.79. The Balaban J connectivity index is 1.65. The van der Waals surface area contributed by atoms with E-state index in [1.165, 1.54) is 18.2 Å². The third kappa shape index (κ3) is 6.64. The molecule has 0 aliphatic rings. The Bertz CT molecular complexity index is 1250. The smallest absolute Gasteiger partial charge is 0.251 e. The molecule has 0 aliphatic carbocycles. The van der Waals surface area contributed by atoms with Crippen molar-refractivity contribution < 1.29 is 18.0 Å². The number of nitrogens with one attached hydrogen (secondary N) is 3. The molecular formula is C24H24ClN3O4S. The number of amides is 2. The van der Waals surface area contributed by atoms with Crippen LogP contribution in [0.4, 0.5) is 5.69 Å². The molecule has 2 amide bonds. The van der Waals surface area contributed by atoms with E-state index < -0.39 is 21.8 Å². The number of rotatable bonds is 9. The van der Waals surface area contributed by atoms with Crippen LogP contribution in [0.3, 0.4) is 0 Å². The molecule has 0 radical (unpaired) electrons. The standard InChI is InChI=1S/C24H24ClN3O4S/c1-2-18-10-6-7-11-21(18)28-23(29)16-26-24(30)19-12-13-20(25)22(14-19)33(31,32)27-15-17-8-4-3-5-9-17/h3-14,27H,2,15-16H2,1H3,(H,26,30)(H,28,29). The highest BCUT2D eigenvalue weighted by atomic mass is 35.5. The number of sulfonamides is 1. The molecule has 33 heavy (non-hydrogen) atoms. The van der Waals surface area contributed by atoms with Crippen LogP contribution >= 0.6 is 11.6 Å². The van der Waals surface area contributed by atoms with Crippen molar-refractivity contribution in [3.8, 4) is 0 Å². The second-order valence-electron chi connectivity index (χ2n) is 7.20. The lowest BCUT2D eigenvalue weighted by Crippen LogP contribution is -2.33. The molecule has 3 rings (SSSR count). The van der Waals surface area contributed by atoms with E-state index in [1.807, 2.05) is 31.2 Å². The van der Waals surface area contributed by atoms with E-state index in [1.54, 1.807) is 30.3 Å². The largest absolute Gasteiger partial charge is 0.343 e. The summed E-state index contributed by atoms with van der Waals surface area (Å²) < 4.78 is 28.0. The number of anilines is 1. The van der Waals surface area contributed by atoms with Crippen molar-refractivity contribution in [3.63, 3.8) is 0 Å². The van der Waals surface area contributed by atoms with Crippen LogP contribution < -0.4 is 15.4 Å². The van der Waals surface area contributed by atoms with Gasteiger partial charge in [0, 0.05) is 17.8 Å². The second-order valence-corrected chi connectivity index (χ2v) is 9.34. The van der Waals surface area contributed by atoms with Crippen molar-refractivity contribution in [3.05, 3.63) is 94.5 Å². The minimum atomic E-state index is -3.97. The highest BCUT2D eigenvalue weighted by molar-refractivity contribution is 7.89. The first kappa shape index (κ1) is 24.4. The van der Waals surface area contributed by atoms with Crippen LogP contribution in [0.2, 0.25) is 5.02 Å². The Kier molecular flexibility index (Phi) is 8.21. The Hall–Kier alpha value is -3.20. The number of hydrogen-bond donors (Lipinski definition) is 3. The third-order valence-electron chi connectivity index (χ3n) is 4.87. The van der Waals surface area contributed by atoms with Crippen LogP contribution in [0.25, 0.3) is 0 Å². The maximum absolute atomic E-state index is 12.7. The van der Waals surface area contributed by atoms with Gasteiger partial charge in [0.25, 0.3) is 5.91 Å². The zero-order chi connectivity index (χ0) is 23.8. The maximum Gasteiger partial charge on any atom is 0.251 e. The average molecular weight is 486 g/mol. The molecule has 3 N–H and O–H groups in total. The molecule has 0 atom stereocenters. The van der Waals surface area contributed by atoms with Gasteiger partial charge in [-0.05, 0) is 41.8 Å². The minimum Gasteiger partial charge on any atom is -0.343 e. The van der Waals surface area contributed by atoms with E-state index in [0.717, 1.165) is 17.5 Å². The topological polar surface area (TPSA) is 104 Å². The number of carbonyl (C=O) groups excluding carboxylic acids is 2. The third-order valence-corrected chi connectivity index (χ3v) is 6.76. The molecule has 0 heterocycles. The number of carbonyl (C=O) groups is 2. The van der Waals surface area contributed by atoms with Crippen LogP contribution in [0.5, 0.6) is 0 Å². The number of hydrogen-bond acceptors (Lipinski definition) is 4. The van der Waals surface area contributed by atoms with Crippen LogP contribution in [0, 0.1) is 0 Å². The Morgan fingerprint density at radius 2 is 1.64 bits per heavy atom. The lowest BCUT2D eigenvalue weighted by Gasteiger charge is -2.12. The number of halogens is 1. The molecule has 3 aromatic rings. The van der Waals surface area contributed by atoms with Gasteiger partial charge in [-0.15, -0.1) is 0 Å². The molecule has 0 fully saturated rings. The van der Waals surface area contributed by atoms with E-state index in [4.69, 9.17) is 11.6 Å². The van der Waals surface area contributed by atoms with Crippen LogP contribution in [-0.2, 0) is 27.8 Å². The van der Waals surface area contributed by atoms with Crippen LogP contribution in [0.1, 0.15) is 28.4 Å². The zero-order valence-corrected chi connectivity index (χ0v) is 19.5. The molecule has 0 bridgehead atoms. The summed E-state index contributed by atoms with van der Waals surface area (Å²) in [5.74, 6) is -0.985. The summed E-state index contributed by atoms with van der Waals surface area (Å²) in [6, 6.07) is 20.4. The van der Waals surface area contributed by atoms with Gasteiger partial charge in [-0.3, -0.25) is 9.59 Å². The molecule has 0 aromatic heterocycles. The van der Waals surface area contributed by atoms with Crippen molar-refractivity contribution in [2.45, 2.75) is 24.8 Å². The lowest BCUT2D eigenvalue weighted by molar-refractivity contribution is -0.115. The molecule has 0 saturated heterocycles. The SMILES string of the molecule is CCc1ccccc1NC(=O)CNC(=O)c1ccc(Cl)c(S(=O)(=O)NCc2ccccc2)c1. The van der Waals surface area contributed by atoms with E-state index in [2.05, 4.69) is 15.4 Å². The normalized spacial score (nSPS) is 11.1. The fourth-order valence-electron chi connectivity index (χ4n) is 3.11. The Morgan fingerprint density at radius 3 is 2.36 bits per heavy atom. The molecule has 0 unspecified atom stereocenters. The van der Waals surface area contributed by atoms with E-state index >= 15 is 0 Å². The Labute approximate surface area is 198 Å². The van der Waals surface area contributed by atoms with Crippen molar-refractivity contribution in [2.24, 2.45) is 0 Å². The molecule has 0 spiro atoms. The average Bonchev–Trinajstić information content (AvgIpc) is 2.82. The highest BCUT2D eigenvalue weighted by Crippen LogP contribution is 2.23. The van der Waals surface area contributed by atoms with Crippen LogP contribution in [0.15, 0.2) is 77.7 Å². The summed E-state index contributed by atoms with van der Waals surface area (Å²) in [5.41, 5.74) is 2.51. The minimum absolute atomic E-state index is 0.0129.